The van der Waals surface area contributed by atoms with Gasteiger partial charge in [0.05, 0.1) is 11.1 Å². The molecule has 7 heteroatoms. The van der Waals surface area contributed by atoms with Crippen molar-refractivity contribution >= 4 is 11.6 Å². The maximum Gasteiger partial charge on any atom is 0.287 e. The second-order valence-corrected chi connectivity index (χ2v) is 4.56. The Morgan fingerprint density at radius 2 is 2.33 bits per heavy atom. The number of amides is 1. The first-order valence-corrected chi connectivity index (χ1v) is 5.82. The predicted octanol–water partition coefficient (Wildman–Crippen LogP) is 0.367. The molecule has 1 aromatic rings. The lowest BCUT2D eigenvalue weighted by molar-refractivity contribution is -0.384. The summed E-state index contributed by atoms with van der Waals surface area (Å²) in [5.74, 6) is -0.154. The molecule has 0 aliphatic carbocycles. The number of nitrogens with one attached hydrogen (secondary N) is 1. The number of aryl methyl sites for hydroxylation is 1. The molecule has 2 heterocycles. The van der Waals surface area contributed by atoms with Crippen molar-refractivity contribution in [2.75, 3.05) is 19.6 Å². The molecule has 1 amide bonds. The zero-order chi connectivity index (χ0) is 13.3. The van der Waals surface area contributed by atoms with Crippen LogP contribution in [0.1, 0.15) is 17.4 Å². The lowest BCUT2D eigenvalue weighted by Crippen LogP contribution is -2.51. The molecule has 0 aromatic carbocycles. The summed E-state index contributed by atoms with van der Waals surface area (Å²) in [6, 6.07) is 1.58. The van der Waals surface area contributed by atoms with Gasteiger partial charge in [-0.3, -0.25) is 14.9 Å². The summed E-state index contributed by atoms with van der Waals surface area (Å²) in [5.41, 5.74) is 0.305. The molecular formula is C11H16N4O3. The number of carbonyl (C=O) groups excluding carboxylic acids is 1. The molecule has 1 aliphatic rings. The first-order chi connectivity index (χ1) is 8.49. The van der Waals surface area contributed by atoms with Gasteiger partial charge in [-0.1, -0.05) is 0 Å². The number of hydrogen-bond acceptors (Lipinski definition) is 4. The van der Waals surface area contributed by atoms with Crippen LogP contribution in [0.2, 0.25) is 0 Å². The SMILES string of the molecule is C[C@@H]1CN(C(=O)c2cc([N+](=O)[O-])cn2C)CCN1. The summed E-state index contributed by atoms with van der Waals surface area (Å²) in [5, 5.41) is 13.9. The highest BCUT2D eigenvalue weighted by Gasteiger charge is 2.25. The summed E-state index contributed by atoms with van der Waals surface area (Å²) >= 11 is 0. The summed E-state index contributed by atoms with van der Waals surface area (Å²) in [6.45, 7) is 4.01. The predicted molar refractivity (Wildman–Crippen MR) is 65.4 cm³/mol. The topological polar surface area (TPSA) is 80.4 Å². The third kappa shape index (κ3) is 2.35. The molecule has 0 saturated carbocycles. The Bertz CT molecular complexity index is 483. The minimum absolute atomic E-state index is 0.0518. The third-order valence-corrected chi connectivity index (χ3v) is 3.08. The molecule has 7 nitrogen and oxygen atoms in total. The maximum absolute atomic E-state index is 12.3. The van der Waals surface area contributed by atoms with E-state index in [-0.39, 0.29) is 17.6 Å². The molecule has 1 N–H and O–H groups in total. The first kappa shape index (κ1) is 12.6. The minimum atomic E-state index is -0.489. The summed E-state index contributed by atoms with van der Waals surface area (Å²) in [7, 11) is 1.64. The Morgan fingerprint density at radius 3 is 2.89 bits per heavy atom. The van der Waals surface area contributed by atoms with Crippen LogP contribution in [-0.2, 0) is 7.05 Å². The highest BCUT2D eigenvalue weighted by atomic mass is 16.6. The zero-order valence-electron chi connectivity index (χ0n) is 10.4. The summed E-state index contributed by atoms with van der Waals surface area (Å²) in [4.78, 5) is 24.2. The number of rotatable bonds is 2. The molecule has 1 aromatic heterocycles. The maximum atomic E-state index is 12.3. The van der Waals surface area contributed by atoms with Crippen molar-refractivity contribution in [3.05, 3.63) is 28.1 Å². The molecule has 0 spiro atoms. The number of hydrogen-bond donors (Lipinski definition) is 1. The van der Waals surface area contributed by atoms with E-state index in [1.165, 1.54) is 16.8 Å². The number of nitrogens with zero attached hydrogens (tertiary/aromatic N) is 3. The van der Waals surface area contributed by atoms with E-state index >= 15 is 0 Å². The van der Waals surface area contributed by atoms with E-state index in [4.69, 9.17) is 0 Å². The Morgan fingerprint density at radius 1 is 1.61 bits per heavy atom. The first-order valence-electron chi connectivity index (χ1n) is 5.82. The van der Waals surface area contributed by atoms with Crippen molar-refractivity contribution < 1.29 is 9.72 Å². The number of nitro groups is 1. The number of aromatic nitrogens is 1. The van der Waals surface area contributed by atoms with Gasteiger partial charge in [-0.15, -0.1) is 0 Å². The molecule has 0 unspecified atom stereocenters. The van der Waals surface area contributed by atoms with E-state index in [9.17, 15) is 14.9 Å². The molecule has 98 valence electrons. The highest BCUT2D eigenvalue weighted by Crippen LogP contribution is 2.17. The van der Waals surface area contributed by atoms with Crippen LogP contribution in [0.25, 0.3) is 0 Å². The van der Waals surface area contributed by atoms with E-state index in [2.05, 4.69) is 5.32 Å². The molecule has 18 heavy (non-hydrogen) atoms. The van der Waals surface area contributed by atoms with Crippen LogP contribution >= 0.6 is 0 Å². The fraction of sp³-hybridized carbons (Fsp3) is 0.545. The quantitative estimate of drug-likeness (QED) is 0.609. The van der Waals surface area contributed by atoms with Gasteiger partial charge in [0.15, 0.2) is 0 Å². The Hall–Kier alpha value is -1.89. The van der Waals surface area contributed by atoms with Gasteiger partial charge in [0.1, 0.15) is 5.69 Å². The Labute approximate surface area is 105 Å². The average Bonchev–Trinajstić information content (AvgIpc) is 2.70. The van der Waals surface area contributed by atoms with Gasteiger partial charge in [0, 0.05) is 38.8 Å². The van der Waals surface area contributed by atoms with Crippen molar-refractivity contribution in [3.63, 3.8) is 0 Å². The van der Waals surface area contributed by atoms with Crippen molar-refractivity contribution in [1.29, 1.82) is 0 Å². The fourth-order valence-electron chi connectivity index (χ4n) is 2.14. The van der Waals surface area contributed by atoms with Crippen molar-refractivity contribution in [2.45, 2.75) is 13.0 Å². The monoisotopic (exact) mass is 252 g/mol. The minimum Gasteiger partial charge on any atom is -0.340 e. The smallest absolute Gasteiger partial charge is 0.287 e. The van der Waals surface area contributed by atoms with Crippen molar-refractivity contribution in [1.82, 2.24) is 14.8 Å². The van der Waals surface area contributed by atoms with Crippen LogP contribution in [0.5, 0.6) is 0 Å². The lowest BCUT2D eigenvalue weighted by Gasteiger charge is -2.31. The second kappa shape index (κ2) is 4.77. The third-order valence-electron chi connectivity index (χ3n) is 3.08. The van der Waals surface area contributed by atoms with Crippen LogP contribution in [0.4, 0.5) is 5.69 Å². The standard InChI is InChI=1S/C11H16N4O3/c1-8-6-14(4-3-12-8)11(16)10-5-9(15(17)18)7-13(10)2/h5,7-8,12H,3-4,6H2,1-2H3/t8-/m1/s1. The van der Waals surface area contributed by atoms with Crippen molar-refractivity contribution in [2.24, 2.45) is 7.05 Å². The van der Waals surface area contributed by atoms with Crippen LogP contribution in [0.3, 0.4) is 0 Å². The van der Waals surface area contributed by atoms with Crippen molar-refractivity contribution in [3.8, 4) is 0 Å². The zero-order valence-corrected chi connectivity index (χ0v) is 10.4. The molecule has 0 bridgehead atoms. The van der Waals surface area contributed by atoms with Gasteiger partial charge >= 0.3 is 0 Å². The molecule has 1 fully saturated rings. The lowest BCUT2D eigenvalue weighted by atomic mass is 10.2. The van der Waals surface area contributed by atoms with Crippen LogP contribution in [0.15, 0.2) is 12.3 Å². The number of piperazine rings is 1. The highest BCUT2D eigenvalue weighted by molar-refractivity contribution is 5.93. The van der Waals surface area contributed by atoms with Gasteiger partial charge in [0.2, 0.25) is 0 Å². The molecule has 2 rings (SSSR count). The molecule has 0 radical (unpaired) electrons. The summed E-state index contributed by atoms with van der Waals surface area (Å²) in [6.07, 6.45) is 1.36. The van der Waals surface area contributed by atoms with Crippen LogP contribution < -0.4 is 5.32 Å². The fourth-order valence-corrected chi connectivity index (χ4v) is 2.14. The van der Waals surface area contributed by atoms with E-state index in [1.807, 2.05) is 6.92 Å². The van der Waals surface area contributed by atoms with E-state index in [0.29, 0.717) is 18.8 Å². The molecular weight excluding hydrogens is 236 g/mol. The second-order valence-electron chi connectivity index (χ2n) is 4.56. The molecule has 1 atom stereocenters. The molecule has 1 aliphatic heterocycles. The summed E-state index contributed by atoms with van der Waals surface area (Å²) < 4.78 is 1.51. The van der Waals surface area contributed by atoms with Gasteiger partial charge in [-0.2, -0.15) is 0 Å². The van der Waals surface area contributed by atoms with E-state index in [1.54, 1.807) is 11.9 Å². The van der Waals surface area contributed by atoms with Gasteiger partial charge in [-0.25, -0.2) is 0 Å². The van der Waals surface area contributed by atoms with E-state index < -0.39 is 4.92 Å². The normalized spacial score (nSPS) is 19.9. The van der Waals surface area contributed by atoms with E-state index in [0.717, 1.165) is 6.54 Å². The largest absolute Gasteiger partial charge is 0.340 e. The van der Waals surface area contributed by atoms with Crippen LogP contribution in [-0.4, -0.2) is 46.0 Å². The number of carbonyl (C=O) groups is 1. The van der Waals surface area contributed by atoms with Crippen LogP contribution in [0, 0.1) is 10.1 Å². The molecule has 1 saturated heterocycles. The Kier molecular flexibility index (Phi) is 3.33. The van der Waals surface area contributed by atoms with Gasteiger partial charge in [-0.05, 0) is 6.92 Å². The van der Waals surface area contributed by atoms with Gasteiger partial charge < -0.3 is 14.8 Å². The Balaban J connectivity index is 2.20. The van der Waals surface area contributed by atoms with Gasteiger partial charge in [0.25, 0.3) is 11.6 Å². The average molecular weight is 252 g/mol.